The first-order valence-corrected chi connectivity index (χ1v) is 4.94. The Morgan fingerprint density at radius 2 is 2.00 bits per heavy atom. The third kappa shape index (κ3) is 4.36. The van der Waals surface area contributed by atoms with Crippen LogP contribution in [0, 0.1) is 0 Å². The van der Waals surface area contributed by atoms with Crippen molar-refractivity contribution in [3.05, 3.63) is 12.2 Å². The van der Waals surface area contributed by atoms with Gasteiger partial charge in [-0.3, -0.25) is 0 Å². The summed E-state index contributed by atoms with van der Waals surface area (Å²) in [6.45, 7) is 0. The van der Waals surface area contributed by atoms with Crippen molar-refractivity contribution in [1.82, 2.24) is 0 Å². The monoisotopic (exact) mass is 222 g/mol. The second-order valence-electron chi connectivity index (χ2n) is 3.51. The molecule has 0 unspecified atom stereocenters. The minimum absolute atomic E-state index is 0.471. The van der Waals surface area contributed by atoms with E-state index in [0.29, 0.717) is 6.42 Å². The fraction of sp³-hybridized carbons (Fsp3) is 0.700. The van der Waals surface area contributed by atoms with Gasteiger partial charge < -0.3 is 4.74 Å². The highest BCUT2D eigenvalue weighted by Crippen LogP contribution is 2.20. The molecule has 2 nitrogen and oxygen atoms in total. The van der Waals surface area contributed by atoms with Gasteiger partial charge >= 0.3 is 12.1 Å². The summed E-state index contributed by atoms with van der Waals surface area (Å²) in [6, 6.07) is 0. The van der Waals surface area contributed by atoms with Crippen molar-refractivity contribution in [2.45, 2.75) is 44.4 Å². The zero-order valence-corrected chi connectivity index (χ0v) is 8.22. The number of halogens is 3. The number of esters is 1. The molecule has 0 N–H and O–H groups in total. The van der Waals surface area contributed by atoms with Gasteiger partial charge in [0.25, 0.3) is 0 Å². The van der Waals surface area contributed by atoms with Crippen LogP contribution in [0.1, 0.15) is 32.1 Å². The Kier molecular flexibility index (Phi) is 4.17. The number of hydrogen-bond acceptors (Lipinski definition) is 2. The third-order valence-corrected chi connectivity index (χ3v) is 2.20. The lowest BCUT2D eigenvalue weighted by atomic mass is 10.0. The van der Waals surface area contributed by atoms with Crippen molar-refractivity contribution >= 4 is 5.97 Å². The SMILES string of the molecule is O=C(O[C@H]1C=CCCCCC1)C(F)(F)F. The lowest BCUT2D eigenvalue weighted by Crippen LogP contribution is -2.29. The molecule has 0 aromatic heterocycles. The Bertz CT molecular complexity index is 246. The molecule has 0 saturated carbocycles. The predicted octanol–water partition coefficient (Wildman–Crippen LogP) is 2.98. The maximum Gasteiger partial charge on any atom is 0.490 e. The van der Waals surface area contributed by atoms with Crippen molar-refractivity contribution in [1.29, 1.82) is 0 Å². The normalized spacial score (nSPS) is 23.0. The minimum atomic E-state index is -4.89. The third-order valence-electron chi connectivity index (χ3n) is 2.20. The van der Waals surface area contributed by atoms with Gasteiger partial charge in [-0.05, 0) is 31.8 Å². The zero-order valence-electron chi connectivity index (χ0n) is 8.22. The van der Waals surface area contributed by atoms with E-state index in [9.17, 15) is 18.0 Å². The Morgan fingerprint density at radius 1 is 1.27 bits per heavy atom. The molecule has 0 aromatic carbocycles. The molecule has 0 saturated heterocycles. The molecule has 15 heavy (non-hydrogen) atoms. The van der Waals surface area contributed by atoms with E-state index in [1.54, 1.807) is 12.2 Å². The van der Waals surface area contributed by atoms with Crippen LogP contribution in [0.3, 0.4) is 0 Å². The van der Waals surface area contributed by atoms with Gasteiger partial charge in [-0.25, -0.2) is 4.79 Å². The van der Waals surface area contributed by atoms with Gasteiger partial charge in [-0.2, -0.15) is 13.2 Å². The van der Waals surface area contributed by atoms with Crippen molar-refractivity contribution in [2.75, 3.05) is 0 Å². The molecule has 0 amide bonds. The van der Waals surface area contributed by atoms with Crippen molar-refractivity contribution in [3.63, 3.8) is 0 Å². The molecule has 0 bridgehead atoms. The Balaban J connectivity index is 2.48. The second-order valence-corrected chi connectivity index (χ2v) is 3.51. The number of alkyl halides is 3. The van der Waals surface area contributed by atoms with E-state index in [4.69, 9.17) is 0 Å². The molecule has 0 aliphatic heterocycles. The summed E-state index contributed by atoms with van der Waals surface area (Å²) < 4.78 is 40.0. The Labute approximate surface area is 86.1 Å². The summed E-state index contributed by atoms with van der Waals surface area (Å²) in [5, 5.41) is 0. The molecule has 0 spiro atoms. The first-order valence-electron chi connectivity index (χ1n) is 4.94. The first kappa shape index (κ1) is 12.1. The van der Waals surface area contributed by atoms with Crippen LogP contribution in [0.25, 0.3) is 0 Å². The van der Waals surface area contributed by atoms with E-state index in [0.717, 1.165) is 25.7 Å². The predicted molar refractivity (Wildman–Crippen MR) is 48.2 cm³/mol. The van der Waals surface area contributed by atoms with Crippen molar-refractivity contribution < 1.29 is 22.7 Å². The molecular weight excluding hydrogens is 209 g/mol. The summed E-state index contributed by atoms with van der Waals surface area (Å²) >= 11 is 0. The van der Waals surface area contributed by atoms with E-state index in [1.165, 1.54) is 0 Å². The quantitative estimate of drug-likeness (QED) is 0.503. The standard InChI is InChI=1S/C10H13F3O2/c11-10(12,13)9(14)15-8-6-4-2-1-3-5-7-8/h4,6,8H,1-3,5,7H2/t8-/m0/s1. The average Bonchev–Trinajstić information content (AvgIpc) is 2.07. The van der Waals surface area contributed by atoms with E-state index in [-0.39, 0.29) is 0 Å². The Morgan fingerprint density at radius 3 is 2.67 bits per heavy atom. The van der Waals surface area contributed by atoms with E-state index in [1.807, 2.05) is 0 Å². The van der Waals surface area contributed by atoms with E-state index in [2.05, 4.69) is 4.74 Å². The molecule has 1 aliphatic rings. The van der Waals surface area contributed by atoms with Crippen LogP contribution in [0.15, 0.2) is 12.2 Å². The van der Waals surface area contributed by atoms with Gasteiger partial charge in [0.2, 0.25) is 0 Å². The fourth-order valence-corrected chi connectivity index (χ4v) is 1.43. The van der Waals surface area contributed by atoms with Crippen molar-refractivity contribution in [3.8, 4) is 0 Å². The molecule has 0 radical (unpaired) electrons. The Hall–Kier alpha value is -1.00. The van der Waals surface area contributed by atoms with Crippen LogP contribution < -0.4 is 0 Å². The molecule has 5 heteroatoms. The van der Waals surface area contributed by atoms with Gasteiger partial charge in [0.1, 0.15) is 6.10 Å². The molecule has 1 aliphatic carbocycles. The summed E-state index contributed by atoms with van der Waals surface area (Å²) in [6.07, 6.45) is 1.80. The highest BCUT2D eigenvalue weighted by Gasteiger charge is 2.41. The molecule has 1 rings (SSSR count). The van der Waals surface area contributed by atoms with Gasteiger partial charge in [0.05, 0.1) is 0 Å². The molecule has 86 valence electrons. The average molecular weight is 222 g/mol. The number of ether oxygens (including phenoxy) is 1. The van der Waals surface area contributed by atoms with Crippen LogP contribution in [0.4, 0.5) is 13.2 Å². The van der Waals surface area contributed by atoms with Crippen LogP contribution in [0.2, 0.25) is 0 Å². The molecular formula is C10H13F3O2. The molecule has 0 aromatic rings. The van der Waals surface area contributed by atoms with Crippen LogP contribution in [0.5, 0.6) is 0 Å². The maximum absolute atomic E-state index is 11.9. The van der Waals surface area contributed by atoms with Gasteiger partial charge in [-0.1, -0.05) is 12.5 Å². The smallest absolute Gasteiger partial charge is 0.451 e. The number of rotatable bonds is 1. The maximum atomic E-state index is 11.9. The summed E-state index contributed by atoms with van der Waals surface area (Å²) in [7, 11) is 0. The molecule has 0 heterocycles. The van der Waals surface area contributed by atoms with Gasteiger partial charge in [0, 0.05) is 0 Å². The number of carbonyl (C=O) groups is 1. The largest absolute Gasteiger partial charge is 0.490 e. The fourth-order valence-electron chi connectivity index (χ4n) is 1.43. The first-order chi connectivity index (χ1) is 7.00. The second kappa shape index (κ2) is 5.19. The van der Waals surface area contributed by atoms with E-state index >= 15 is 0 Å². The summed E-state index contributed by atoms with van der Waals surface area (Å²) in [5.41, 5.74) is 0. The topological polar surface area (TPSA) is 26.3 Å². The highest BCUT2D eigenvalue weighted by atomic mass is 19.4. The van der Waals surface area contributed by atoms with Gasteiger partial charge in [-0.15, -0.1) is 0 Å². The van der Waals surface area contributed by atoms with Crippen LogP contribution >= 0.6 is 0 Å². The lowest BCUT2D eigenvalue weighted by Gasteiger charge is -2.16. The summed E-state index contributed by atoms with van der Waals surface area (Å²) in [4.78, 5) is 10.5. The van der Waals surface area contributed by atoms with Crippen LogP contribution in [-0.4, -0.2) is 18.2 Å². The zero-order chi connectivity index (χ0) is 11.3. The lowest BCUT2D eigenvalue weighted by molar-refractivity contribution is -0.203. The van der Waals surface area contributed by atoms with E-state index < -0.39 is 18.2 Å². The highest BCUT2D eigenvalue weighted by molar-refractivity contribution is 5.75. The van der Waals surface area contributed by atoms with Crippen LogP contribution in [-0.2, 0) is 9.53 Å². The van der Waals surface area contributed by atoms with Crippen molar-refractivity contribution in [2.24, 2.45) is 0 Å². The summed E-state index contributed by atoms with van der Waals surface area (Å²) in [5.74, 6) is -2.10. The molecule has 0 fully saturated rings. The number of carbonyl (C=O) groups excluding carboxylic acids is 1. The minimum Gasteiger partial charge on any atom is -0.451 e. The van der Waals surface area contributed by atoms with Gasteiger partial charge in [0.15, 0.2) is 0 Å². The number of hydrogen-bond donors (Lipinski definition) is 0. The number of allylic oxidation sites excluding steroid dienone is 1. The molecule has 1 atom stereocenters.